The van der Waals surface area contributed by atoms with Crippen LogP contribution in [0.5, 0.6) is 5.75 Å². The van der Waals surface area contributed by atoms with E-state index in [1.807, 2.05) is 13.0 Å². The lowest BCUT2D eigenvalue weighted by Gasteiger charge is -2.19. The van der Waals surface area contributed by atoms with Crippen LogP contribution in [0.1, 0.15) is 23.7 Å². The number of carbonyl (C=O) groups excluding carboxylic acids is 2. The molecule has 1 aromatic carbocycles. The van der Waals surface area contributed by atoms with Gasteiger partial charge in [-0.1, -0.05) is 19.1 Å². The lowest BCUT2D eigenvalue weighted by atomic mass is 9.97. The Balaban J connectivity index is 1.72. The van der Waals surface area contributed by atoms with Gasteiger partial charge in [0.05, 0.1) is 17.1 Å². The maximum atomic E-state index is 14.0. The summed E-state index contributed by atoms with van der Waals surface area (Å²) in [6.07, 6.45) is 2.34. The summed E-state index contributed by atoms with van der Waals surface area (Å²) in [5.41, 5.74) is 6.95. The Kier molecular flexibility index (Phi) is 4.18. The highest BCUT2D eigenvalue weighted by atomic mass is 19.1. The number of nitrogens with two attached hydrogens (primary N) is 1. The second kappa shape index (κ2) is 6.53. The van der Waals surface area contributed by atoms with Crippen LogP contribution in [0.15, 0.2) is 36.7 Å². The first-order valence-electron chi connectivity index (χ1n) is 8.77. The summed E-state index contributed by atoms with van der Waals surface area (Å²) in [6.45, 7) is 2.00. The third-order valence-corrected chi connectivity index (χ3v) is 5.08. The van der Waals surface area contributed by atoms with E-state index in [-0.39, 0.29) is 6.61 Å². The van der Waals surface area contributed by atoms with Crippen molar-refractivity contribution in [2.24, 2.45) is 11.7 Å². The molecule has 1 fully saturated rings. The van der Waals surface area contributed by atoms with E-state index < -0.39 is 29.9 Å². The minimum atomic E-state index is -1.51. The van der Waals surface area contributed by atoms with Crippen LogP contribution in [0, 0.1) is 5.92 Å². The number of carbonyl (C=O) groups is 2. The van der Waals surface area contributed by atoms with Gasteiger partial charge in [0.1, 0.15) is 18.0 Å². The molecular weight excluding hydrogens is 351 g/mol. The van der Waals surface area contributed by atoms with E-state index >= 15 is 0 Å². The SMILES string of the molecule is CC[C@H]1C(COc2cccc3cc(C(N)=O)c4nccn4c23)NC(=O)[C@@H]1F. The molecule has 0 bridgehead atoms. The van der Waals surface area contributed by atoms with Gasteiger partial charge >= 0.3 is 0 Å². The first-order valence-corrected chi connectivity index (χ1v) is 8.77. The van der Waals surface area contributed by atoms with Crippen molar-refractivity contribution in [2.75, 3.05) is 6.61 Å². The van der Waals surface area contributed by atoms with Crippen molar-refractivity contribution < 1.29 is 18.7 Å². The number of alkyl halides is 1. The maximum absolute atomic E-state index is 14.0. The van der Waals surface area contributed by atoms with E-state index in [0.29, 0.717) is 23.4 Å². The highest BCUT2D eigenvalue weighted by Crippen LogP contribution is 2.30. The summed E-state index contributed by atoms with van der Waals surface area (Å²) in [6, 6.07) is 6.72. The number of halogens is 1. The molecule has 0 aliphatic carbocycles. The standard InChI is InChI=1S/C19H19FN4O3/c1-2-11-13(23-19(26)15(11)20)9-27-14-5-3-4-10-8-12(17(21)25)18-22-6-7-24(18)16(10)14/h3-8,11,13,15H,2,9H2,1H3,(H2,21,25)(H,23,26)/t11-,13?,15+/m0/s1. The Morgan fingerprint density at radius 2 is 2.26 bits per heavy atom. The molecule has 3 N–H and O–H groups in total. The fourth-order valence-corrected chi connectivity index (χ4v) is 3.72. The van der Waals surface area contributed by atoms with E-state index in [1.54, 1.807) is 35.0 Å². The molecule has 0 radical (unpaired) electrons. The van der Waals surface area contributed by atoms with Crippen molar-refractivity contribution in [3.05, 3.63) is 42.2 Å². The van der Waals surface area contributed by atoms with E-state index in [2.05, 4.69) is 10.3 Å². The zero-order valence-corrected chi connectivity index (χ0v) is 14.7. The minimum absolute atomic E-state index is 0.150. The number of imidazole rings is 1. The molecule has 2 amide bonds. The number of para-hydroxylation sites is 1. The Morgan fingerprint density at radius 1 is 1.44 bits per heavy atom. The maximum Gasteiger partial charge on any atom is 0.255 e. The number of amides is 2. The first-order chi connectivity index (χ1) is 13.0. The van der Waals surface area contributed by atoms with Gasteiger partial charge in [-0.05, 0) is 18.6 Å². The van der Waals surface area contributed by atoms with Gasteiger partial charge in [0.2, 0.25) is 0 Å². The third kappa shape index (κ3) is 2.77. The lowest BCUT2D eigenvalue weighted by Crippen LogP contribution is -2.34. The number of hydrogen-bond donors (Lipinski definition) is 2. The third-order valence-electron chi connectivity index (χ3n) is 5.08. The molecule has 0 saturated carbocycles. The smallest absolute Gasteiger partial charge is 0.255 e. The van der Waals surface area contributed by atoms with Crippen LogP contribution < -0.4 is 15.8 Å². The van der Waals surface area contributed by atoms with Crippen LogP contribution in [0.3, 0.4) is 0 Å². The van der Waals surface area contributed by atoms with Gasteiger partial charge in [0.15, 0.2) is 6.17 Å². The molecular formula is C19H19FN4O3. The normalized spacial score (nSPS) is 22.3. The van der Waals surface area contributed by atoms with Gasteiger partial charge in [0.25, 0.3) is 11.8 Å². The van der Waals surface area contributed by atoms with Crippen LogP contribution in [0.2, 0.25) is 0 Å². The topological polar surface area (TPSA) is 98.7 Å². The molecule has 4 rings (SSSR count). The lowest BCUT2D eigenvalue weighted by molar-refractivity contribution is -0.123. The number of ether oxygens (including phenoxy) is 1. The summed E-state index contributed by atoms with van der Waals surface area (Å²) in [7, 11) is 0. The largest absolute Gasteiger partial charge is 0.489 e. The molecule has 1 saturated heterocycles. The quantitative estimate of drug-likeness (QED) is 0.716. The summed E-state index contributed by atoms with van der Waals surface area (Å²) in [4.78, 5) is 27.6. The van der Waals surface area contributed by atoms with Gasteiger partial charge in [-0.2, -0.15) is 0 Å². The van der Waals surface area contributed by atoms with Gasteiger partial charge < -0.3 is 15.8 Å². The van der Waals surface area contributed by atoms with Gasteiger partial charge in [0, 0.05) is 23.7 Å². The van der Waals surface area contributed by atoms with Crippen molar-refractivity contribution in [3.63, 3.8) is 0 Å². The highest BCUT2D eigenvalue weighted by molar-refractivity contribution is 6.03. The molecule has 3 heterocycles. The second-order valence-corrected chi connectivity index (χ2v) is 6.64. The van der Waals surface area contributed by atoms with Crippen molar-refractivity contribution in [2.45, 2.75) is 25.6 Å². The number of nitrogens with one attached hydrogen (secondary N) is 1. The van der Waals surface area contributed by atoms with Crippen molar-refractivity contribution in [3.8, 4) is 5.75 Å². The highest BCUT2D eigenvalue weighted by Gasteiger charge is 2.41. The Labute approximate surface area is 154 Å². The predicted molar refractivity (Wildman–Crippen MR) is 97.3 cm³/mol. The summed E-state index contributed by atoms with van der Waals surface area (Å²) >= 11 is 0. The average Bonchev–Trinajstić information content (AvgIpc) is 3.24. The number of hydrogen-bond acceptors (Lipinski definition) is 4. The number of nitrogens with zero attached hydrogens (tertiary/aromatic N) is 2. The zero-order valence-electron chi connectivity index (χ0n) is 14.7. The fraction of sp³-hybridized carbons (Fsp3) is 0.316. The Bertz CT molecular complexity index is 1050. The number of fused-ring (bicyclic) bond motifs is 3. The van der Waals surface area contributed by atoms with Crippen LogP contribution in [0.4, 0.5) is 4.39 Å². The molecule has 0 spiro atoms. The monoisotopic (exact) mass is 370 g/mol. The fourth-order valence-electron chi connectivity index (χ4n) is 3.72. The molecule has 3 aromatic rings. The van der Waals surface area contributed by atoms with E-state index in [4.69, 9.17) is 10.5 Å². The Morgan fingerprint density at radius 3 is 3.00 bits per heavy atom. The van der Waals surface area contributed by atoms with E-state index in [1.165, 1.54) is 0 Å². The Hall–Kier alpha value is -3.16. The number of rotatable bonds is 5. The van der Waals surface area contributed by atoms with Crippen molar-refractivity contribution in [1.29, 1.82) is 0 Å². The van der Waals surface area contributed by atoms with E-state index in [9.17, 15) is 14.0 Å². The summed E-state index contributed by atoms with van der Waals surface area (Å²) in [5.74, 6) is -1.01. The minimum Gasteiger partial charge on any atom is -0.489 e. The first kappa shape index (κ1) is 17.3. The average molecular weight is 370 g/mol. The number of benzene rings is 1. The molecule has 27 heavy (non-hydrogen) atoms. The van der Waals surface area contributed by atoms with Crippen LogP contribution in [-0.4, -0.2) is 40.0 Å². The van der Waals surface area contributed by atoms with Crippen LogP contribution in [-0.2, 0) is 4.79 Å². The second-order valence-electron chi connectivity index (χ2n) is 6.64. The van der Waals surface area contributed by atoms with Crippen LogP contribution >= 0.6 is 0 Å². The number of primary amides is 1. The van der Waals surface area contributed by atoms with Gasteiger partial charge in [-0.15, -0.1) is 0 Å². The van der Waals surface area contributed by atoms with Crippen LogP contribution in [0.25, 0.3) is 16.6 Å². The van der Waals surface area contributed by atoms with Crippen molar-refractivity contribution >= 4 is 28.4 Å². The molecule has 1 unspecified atom stereocenters. The van der Waals surface area contributed by atoms with E-state index in [0.717, 1.165) is 10.9 Å². The van der Waals surface area contributed by atoms with Gasteiger partial charge in [-0.25, -0.2) is 9.37 Å². The molecule has 1 aliphatic heterocycles. The molecule has 7 nitrogen and oxygen atoms in total. The van der Waals surface area contributed by atoms with Crippen molar-refractivity contribution in [1.82, 2.24) is 14.7 Å². The van der Waals surface area contributed by atoms with Gasteiger partial charge in [-0.3, -0.25) is 14.0 Å². The summed E-state index contributed by atoms with van der Waals surface area (Å²) < 4.78 is 21.7. The molecule has 2 aromatic heterocycles. The molecule has 3 atom stereocenters. The molecule has 1 aliphatic rings. The molecule has 8 heteroatoms. The zero-order chi connectivity index (χ0) is 19.1. The molecule has 140 valence electrons. The summed E-state index contributed by atoms with van der Waals surface area (Å²) in [5, 5.41) is 3.42. The number of aromatic nitrogens is 2. The predicted octanol–water partition coefficient (Wildman–Crippen LogP) is 1.83. The number of pyridine rings is 1.